The Labute approximate surface area is 94.5 Å². The molecule has 0 saturated carbocycles. The average Bonchev–Trinajstić information content (AvgIpc) is 2.34. The van der Waals surface area contributed by atoms with Gasteiger partial charge in [-0.15, -0.1) is 0 Å². The lowest BCUT2D eigenvalue weighted by atomic mass is 10.2. The van der Waals surface area contributed by atoms with Gasteiger partial charge in [0.2, 0.25) is 0 Å². The molecule has 16 heavy (non-hydrogen) atoms. The summed E-state index contributed by atoms with van der Waals surface area (Å²) in [5.41, 5.74) is 2.39. The molecule has 1 aromatic rings. The molecule has 1 rings (SSSR count). The summed E-state index contributed by atoms with van der Waals surface area (Å²) in [6, 6.07) is 7.36. The average molecular weight is 221 g/mol. The van der Waals surface area contributed by atoms with Crippen molar-refractivity contribution < 1.29 is 14.7 Å². The first-order valence-electron chi connectivity index (χ1n) is 5.11. The summed E-state index contributed by atoms with van der Waals surface area (Å²) in [4.78, 5) is 10.7. The first kappa shape index (κ1) is 12.3. The third kappa shape index (κ3) is 4.14. The molecule has 0 aliphatic carbocycles. The fourth-order valence-corrected chi connectivity index (χ4v) is 1.10. The number of nitrogens with one attached hydrogen (secondary N) is 1. The van der Waals surface area contributed by atoms with Crippen molar-refractivity contribution in [3.63, 3.8) is 0 Å². The normalized spacial score (nSPS) is 10.4. The van der Waals surface area contributed by atoms with Gasteiger partial charge in [0.1, 0.15) is 5.75 Å². The molecule has 0 heterocycles. The summed E-state index contributed by atoms with van der Waals surface area (Å²) < 4.78 is 5.41. The summed E-state index contributed by atoms with van der Waals surface area (Å²) >= 11 is 0. The highest BCUT2D eigenvalue weighted by atomic mass is 16.5. The van der Waals surface area contributed by atoms with Crippen molar-refractivity contribution in [2.24, 2.45) is 0 Å². The topological polar surface area (TPSA) is 58.6 Å². The first-order valence-corrected chi connectivity index (χ1v) is 5.11. The zero-order valence-electron chi connectivity index (χ0n) is 9.14. The van der Waals surface area contributed by atoms with Crippen LogP contribution in [-0.4, -0.2) is 17.7 Å². The first-order chi connectivity index (χ1) is 7.76. The van der Waals surface area contributed by atoms with E-state index < -0.39 is 5.91 Å². The monoisotopic (exact) mass is 221 g/mol. The highest BCUT2D eigenvalue weighted by molar-refractivity contribution is 5.90. The third-order valence-corrected chi connectivity index (χ3v) is 1.89. The van der Waals surface area contributed by atoms with Gasteiger partial charge in [-0.05, 0) is 30.2 Å². The Morgan fingerprint density at radius 2 is 2.12 bits per heavy atom. The highest BCUT2D eigenvalue weighted by Crippen LogP contribution is 2.13. The molecular formula is C12H15NO3. The molecule has 0 bridgehead atoms. The van der Waals surface area contributed by atoms with Gasteiger partial charge in [0, 0.05) is 6.08 Å². The van der Waals surface area contributed by atoms with Crippen LogP contribution < -0.4 is 10.2 Å². The van der Waals surface area contributed by atoms with Gasteiger partial charge in [0.15, 0.2) is 0 Å². The van der Waals surface area contributed by atoms with Crippen LogP contribution in [0.3, 0.4) is 0 Å². The highest BCUT2D eigenvalue weighted by Gasteiger charge is 1.94. The molecule has 0 atom stereocenters. The third-order valence-electron chi connectivity index (χ3n) is 1.89. The number of ether oxygens (including phenoxy) is 1. The summed E-state index contributed by atoms with van der Waals surface area (Å²) in [5, 5.41) is 8.28. The van der Waals surface area contributed by atoms with Crippen molar-refractivity contribution in [1.82, 2.24) is 5.48 Å². The number of carbonyl (C=O) groups excluding carboxylic acids is 1. The zero-order chi connectivity index (χ0) is 11.8. The Hall–Kier alpha value is -1.81. The minimum atomic E-state index is -0.550. The molecule has 0 spiro atoms. The summed E-state index contributed by atoms with van der Waals surface area (Å²) in [6.45, 7) is 2.74. The van der Waals surface area contributed by atoms with Crippen molar-refractivity contribution in [2.75, 3.05) is 6.61 Å². The number of rotatable bonds is 5. The molecule has 1 aromatic carbocycles. The smallest absolute Gasteiger partial charge is 0.267 e. The number of amides is 1. The number of hydroxylamine groups is 1. The maximum absolute atomic E-state index is 10.7. The quantitative estimate of drug-likeness (QED) is 0.454. The van der Waals surface area contributed by atoms with E-state index in [0.29, 0.717) is 6.61 Å². The molecule has 0 aromatic heterocycles. The van der Waals surface area contributed by atoms with E-state index in [1.807, 2.05) is 31.2 Å². The number of benzene rings is 1. The minimum Gasteiger partial charge on any atom is -0.494 e. The Morgan fingerprint density at radius 1 is 1.44 bits per heavy atom. The van der Waals surface area contributed by atoms with Crippen LogP contribution in [0.2, 0.25) is 0 Å². The van der Waals surface area contributed by atoms with Crippen molar-refractivity contribution in [2.45, 2.75) is 13.3 Å². The maximum atomic E-state index is 10.7. The summed E-state index contributed by atoms with van der Waals surface area (Å²) in [5.74, 6) is 0.261. The second-order valence-electron chi connectivity index (χ2n) is 3.23. The van der Waals surface area contributed by atoms with Gasteiger partial charge in [-0.2, -0.15) is 0 Å². The predicted molar refractivity (Wildman–Crippen MR) is 61.2 cm³/mol. The lowest BCUT2D eigenvalue weighted by Gasteiger charge is -2.03. The Balaban J connectivity index is 2.57. The standard InChI is InChI=1S/C12H15NO3/c1-2-9-16-11-6-3-10(4-7-11)5-8-12(14)13-15/h3-8,15H,2,9H2,1H3,(H,13,14)/b8-5+. The lowest BCUT2D eigenvalue weighted by Crippen LogP contribution is -2.14. The summed E-state index contributed by atoms with van der Waals surface area (Å²) in [7, 11) is 0. The van der Waals surface area contributed by atoms with Gasteiger partial charge in [0.25, 0.3) is 5.91 Å². The van der Waals surface area contributed by atoms with Crippen LogP contribution in [0, 0.1) is 0 Å². The molecule has 4 heteroatoms. The molecule has 0 aliphatic heterocycles. The van der Waals surface area contributed by atoms with Gasteiger partial charge in [-0.3, -0.25) is 10.0 Å². The van der Waals surface area contributed by atoms with Gasteiger partial charge in [-0.1, -0.05) is 19.1 Å². The van der Waals surface area contributed by atoms with Gasteiger partial charge in [-0.25, -0.2) is 5.48 Å². The van der Waals surface area contributed by atoms with E-state index in [-0.39, 0.29) is 0 Å². The zero-order valence-corrected chi connectivity index (χ0v) is 9.14. The van der Waals surface area contributed by atoms with E-state index in [0.717, 1.165) is 17.7 Å². The molecule has 86 valence electrons. The second kappa shape index (κ2) is 6.63. The second-order valence-corrected chi connectivity index (χ2v) is 3.23. The summed E-state index contributed by atoms with van der Waals surface area (Å²) in [6.07, 6.45) is 3.83. The van der Waals surface area contributed by atoms with Crippen LogP contribution in [0.15, 0.2) is 30.3 Å². The van der Waals surface area contributed by atoms with Crippen molar-refractivity contribution >= 4 is 12.0 Å². The van der Waals surface area contributed by atoms with E-state index in [1.165, 1.54) is 11.6 Å². The van der Waals surface area contributed by atoms with Gasteiger partial charge in [0.05, 0.1) is 6.61 Å². The largest absolute Gasteiger partial charge is 0.494 e. The number of hydrogen-bond acceptors (Lipinski definition) is 3. The van der Waals surface area contributed by atoms with Gasteiger partial charge >= 0.3 is 0 Å². The van der Waals surface area contributed by atoms with E-state index in [2.05, 4.69) is 0 Å². The van der Waals surface area contributed by atoms with Crippen LogP contribution in [0.25, 0.3) is 6.08 Å². The Kier molecular flexibility index (Phi) is 5.08. The molecule has 0 radical (unpaired) electrons. The van der Waals surface area contributed by atoms with Crippen LogP contribution in [0.5, 0.6) is 5.75 Å². The minimum absolute atomic E-state index is 0.550. The maximum Gasteiger partial charge on any atom is 0.267 e. The predicted octanol–water partition coefficient (Wildman–Crippen LogP) is 1.99. The fraction of sp³-hybridized carbons (Fsp3) is 0.250. The molecule has 0 fully saturated rings. The van der Waals surface area contributed by atoms with E-state index in [4.69, 9.17) is 9.94 Å². The Bertz CT molecular complexity index is 357. The molecule has 0 unspecified atom stereocenters. The molecule has 4 nitrogen and oxygen atoms in total. The van der Waals surface area contributed by atoms with E-state index >= 15 is 0 Å². The number of carbonyl (C=O) groups is 1. The number of hydrogen-bond donors (Lipinski definition) is 2. The molecule has 1 amide bonds. The van der Waals surface area contributed by atoms with Crippen LogP contribution in [-0.2, 0) is 4.79 Å². The molecule has 2 N–H and O–H groups in total. The fourth-order valence-electron chi connectivity index (χ4n) is 1.10. The van der Waals surface area contributed by atoms with E-state index in [1.54, 1.807) is 6.08 Å². The van der Waals surface area contributed by atoms with Crippen LogP contribution in [0.4, 0.5) is 0 Å². The van der Waals surface area contributed by atoms with Crippen LogP contribution in [0.1, 0.15) is 18.9 Å². The van der Waals surface area contributed by atoms with E-state index in [9.17, 15) is 4.79 Å². The van der Waals surface area contributed by atoms with Crippen LogP contribution >= 0.6 is 0 Å². The SMILES string of the molecule is CCCOc1ccc(/C=C/C(=O)NO)cc1. The Morgan fingerprint density at radius 3 is 2.69 bits per heavy atom. The van der Waals surface area contributed by atoms with Crippen molar-refractivity contribution in [3.8, 4) is 5.75 Å². The van der Waals surface area contributed by atoms with Crippen molar-refractivity contribution in [1.29, 1.82) is 0 Å². The van der Waals surface area contributed by atoms with Gasteiger partial charge < -0.3 is 4.74 Å². The molecule has 0 saturated heterocycles. The molecular weight excluding hydrogens is 206 g/mol. The molecule has 0 aliphatic rings. The van der Waals surface area contributed by atoms with Crippen molar-refractivity contribution in [3.05, 3.63) is 35.9 Å². The lowest BCUT2D eigenvalue weighted by molar-refractivity contribution is -0.124.